The Morgan fingerprint density at radius 3 is 1.50 bits per heavy atom. The first-order chi connectivity index (χ1) is 24.8. The lowest BCUT2D eigenvalue weighted by molar-refractivity contribution is 1.19. The Morgan fingerprint density at radius 1 is 0.280 bits per heavy atom. The van der Waals surface area contributed by atoms with Crippen LogP contribution >= 0.6 is 0 Å². The first-order valence-electron chi connectivity index (χ1n) is 17.1. The summed E-state index contributed by atoms with van der Waals surface area (Å²) in [6, 6.07) is 65.0. The summed E-state index contributed by atoms with van der Waals surface area (Å²) in [6.45, 7) is 0. The zero-order chi connectivity index (χ0) is 33.0. The van der Waals surface area contributed by atoms with Gasteiger partial charge in [0.05, 0.1) is 11.4 Å². The third-order valence-corrected chi connectivity index (χ3v) is 10.0. The van der Waals surface area contributed by atoms with Crippen molar-refractivity contribution >= 4 is 21.5 Å². The molecule has 0 atom stereocenters. The predicted octanol–water partition coefficient (Wildman–Crippen LogP) is 12.8. The van der Waals surface area contributed by atoms with Crippen molar-refractivity contribution in [2.24, 2.45) is 0 Å². The lowest BCUT2D eigenvalue weighted by Gasteiger charge is -2.19. The van der Waals surface area contributed by atoms with Crippen molar-refractivity contribution in [3.05, 3.63) is 182 Å². The van der Waals surface area contributed by atoms with Crippen LogP contribution in [0.4, 0.5) is 0 Å². The molecule has 2 heteroatoms. The van der Waals surface area contributed by atoms with E-state index in [4.69, 9.17) is 9.97 Å². The quantitative estimate of drug-likeness (QED) is 0.180. The Labute approximate surface area is 291 Å². The van der Waals surface area contributed by atoms with E-state index in [9.17, 15) is 0 Å². The Hall–Kier alpha value is -6.64. The molecule has 0 fully saturated rings. The van der Waals surface area contributed by atoms with Gasteiger partial charge in [-0.1, -0.05) is 170 Å². The van der Waals surface area contributed by atoms with E-state index in [1.165, 1.54) is 60.5 Å². The van der Waals surface area contributed by atoms with Gasteiger partial charge in [-0.2, -0.15) is 0 Å². The molecule has 2 nitrogen and oxygen atoms in total. The maximum absolute atomic E-state index is 5.38. The highest BCUT2D eigenvalue weighted by atomic mass is 14.9. The fourth-order valence-corrected chi connectivity index (χ4v) is 7.83. The molecule has 1 aromatic heterocycles. The SMILES string of the molecule is c1ccc(-c2cccc(-c3cc(-c4c5ccccc5c5c6c(cccc46)-c4ccccc4-c4ccccc4-5)nc(-c4ccccc4)n3)c2)cc1. The second-order valence-corrected chi connectivity index (χ2v) is 12.9. The van der Waals surface area contributed by atoms with Gasteiger partial charge in [0.25, 0.3) is 0 Å². The number of nitrogens with zero attached hydrogens (tertiary/aromatic N) is 2. The van der Waals surface area contributed by atoms with Crippen molar-refractivity contribution in [3.8, 4) is 78.4 Å². The number of hydrogen-bond acceptors (Lipinski definition) is 2. The zero-order valence-electron chi connectivity index (χ0n) is 27.2. The lowest BCUT2D eigenvalue weighted by atomic mass is 9.85. The van der Waals surface area contributed by atoms with Crippen molar-refractivity contribution in [2.45, 2.75) is 0 Å². The minimum absolute atomic E-state index is 0.709. The molecule has 9 aromatic rings. The number of benzene rings is 8. The third kappa shape index (κ3) is 4.50. The van der Waals surface area contributed by atoms with Crippen molar-refractivity contribution in [2.75, 3.05) is 0 Å². The van der Waals surface area contributed by atoms with Gasteiger partial charge >= 0.3 is 0 Å². The number of rotatable bonds is 4. The van der Waals surface area contributed by atoms with Gasteiger partial charge in [-0.05, 0) is 78.2 Å². The zero-order valence-corrected chi connectivity index (χ0v) is 27.2. The van der Waals surface area contributed by atoms with Gasteiger partial charge in [-0.25, -0.2) is 9.97 Å². The molecule has 0 amide bonds. The highest BCUT2D eigenvalue weighted by Gasteiger charge is 2.26. The van der Waals surface area contributed by atoms with E-state index >= 15 is 0 Å². The minimum atomic E-state index is 0.709. The van der Waals surface area contributed by atoms with Gasteiger partial charge in [-0.3, -0.25) is 0 Å². The van der Waals surface area contributed by atoms with Gasteiger partial charge in [0, 0.05) is 16.7 Å². The van der Waals surface area contributed by atoms with Crippen LogP contribution in [0, 0.1) is 0 Å². The van der Waals surface area contributed by atoms with E-state index in [1.54, 1.807) is 0 Å². The standard InChI is InChI=1S/C48H30N2/c1-3-15-31(16-4-1)33-19-13-20-34(29-33)43-30-44(50-48(49-43)32-17-5-2-6-18-32)45-40-25-11-12-26-41(40)46-38-24-10-9-23-36(38)35-21-7-8-22-37(35)39-27-14-28-42(45)47(39)46/h1-30H. The molecule has 0 N–H and O–H groups in total. The normalized spacial score (nSPS) is 11.6. The molecular formula is C48H30N2. The molecule has 8 aromatic carbocycles. The summed E-state index contributed by atoms with van der Waals surface area (Å²) in [5, 5.41) is 4.83. The van der Waals surface area contributed by atoms with Crippen LogP contribution in [-0.2, 0) is 0 Å². The lowest BCUT2D eigenvalue weighted by Crippen LogP contribution is -1.98. The fraction of sp³-hybridized carbons (Fsp3) is 0. The molecular weight excluding hydrogens is 605 g/mol. The van der Waals surface area contributed by atoms with Crippen molar-refractivity contribution in [1.29, 1.82) is 0 Å². The van der Waals surface area contributed by atoms with Crippen LogP contribution in [0.25, 0.3) is 100.0 Å². The topological polar surface area (TPSA) is 25.8 Å². The van der Waals surface area contributed by atoms with Crippen molar-refractivity contribution < 1.29 is 0 Å². The largest absolute Gasteiger partial charge is 0.228 e. The summed E-state index contributed by atoms with van der Waals surface area (Å²) in [5.41, 5.74) is 14.8. The average molecular weight is 635 g/mol. The maximum atomic E-state index is 5.38. The second-order valence-electron chi connectivity index (χ2n) is 12.9. The molecule has 1 heterocycles. The summed E-state index contributed by atoms with van der Waals surface area (Å²) < 4.78 is 0. The Morgan fingerprint density at radius 2 is 0.760 bits per heavy atom. The van der Waals surface area contributed by atoms with E-state index in [1.807, 2.05) is 6.07 Å². The Kier molecular flexibility index (Phi) is 6.53. The van der Waals surface area contributed by atoms with Gasteiger partial charge < -0.3 is 0 Å². The summed E-state index contributed by atoms with van der Waals surface area (Å²) in [7, 11) is 0. The highest BCUT2D eigenvalue weighted by molar-refractivity contribution is 6.27. The number of fused-ring (bicyclic) bond motifs is 7. The fourth-order valence-electron chi connectivity index (χ4n) is 7.83. The predicted molar refractivity (Wildman–Crippen MR) is 209 cm³/mol. The van der Waals surface area contributed by atoms with Crippen LogP contribution in [0.3, 0.4) is 0 Å². The molecule has 0 saturated heterocycles. The Bertz CT molecular complexity index is 2750. The first kappa shape index (κ1) is 28.4. The van der Waals surface area contributed by atoms with Crippen LogP contribution in [0.15, 0.2) is 182 Å². The summed E-state index contributed by atoms with van der Waals surface area (Å²) in [5.74, 6) is 0.709. The van der Waals surface area contributed by atoms with Crippen molar-refractivity contribution in [1.82, 2.24) is 9.97 Å². The highest BCUT2D eigenvalue weighted by Crippen LogP contribution is 2.52. The molecule has 10 rings (SSSR count). The maximum Gasteiger partial charge on any atom is 0.160 e. The van der Waals surface area contributed by atoms with Crippen LogP contribution < -0.4 is 0 Å². The van der Waals surface area contributed by atoms with Crippen LogP contribution in [0.1, 0.15) is 0 Å². The van der Waals surface area contributed by atoms with E-state index in [0.29, 0.717) is 5.82 Å². The second kappa shape index (κ2) is 11.5. The van der Waals surface area contributed by atoms with Crippen molar-refractivity contribution in [3.63, 3.8) is 0 Å². The molecule has 50 heavy (non-hydrogen) atoms. The van der Waals surface area contributed by atoms with E-state index < -0.39 is 0 Å². The smallest absolute Gasteiger partial charge is 0.160 e. The van der Waals surface area contributed by atoms with E-state index in [0.717, 1.165) is 33.6 Å². The summed E-state index contributed by atoms with van der Waals surface area (Å²) in [4.78, 5) is 10.6. The number of aromatic nitrogens is 2. The molecule has 1 aliphatic rings. The molecule has 0 unspecified atom stereocenters. The summed E-state index contributed by atoms with van der Waals surface area (Å²) in [6.07, 6.45) is 0. The van der Waals surface area contributed by atoms with Crippen LogP contribution in [0.2, 0.25) is 0 Å². The van der Waals surface area contributed by atoms with Gasteiger partial charge in [0.15, 0.2) is 5.82 Å². The summed E-state index contributed by atoms with van der Waals surface area (Å²) >= 11 is 0. The average Bonchev–Trinajstić information content (AvgIpc) is 3.32. The molecule has 0 spiro atoms. The molecule has 0 radical (unpaired) electrons. The van der Waals surface area contributed by atoms with Crippen LogP contribution in [-0.4, -0.2) is 9.97 Å². The number of hydrogen-bond donors (Lipinski definition) is 0. The third-order valence-electron chi connectivity index (χ3n) is 10.0. The minimum Gasteiger partial charge on any atom is -0.228 e. The van der Waals surface area contributed by atoms with Gasteiger partial charge in [0.2, 0.25) is 0 Å². The van der Waals surface area contributed by atoms with E-state index in [-0.39, 0.29) is 0 Å². The molecule has 232 valence electrons. The molecule has 0 bridgehead atoms. The molecule has 0 aliphatic heterocycles. The Balaban J connectivity index is 1.32. The monoisotopic (exact) mass is 634 g/mol. The first-order valence-corrected chi connectivity index (χ1v) is 17.1. The van der Waals surface area contributed by atoms with Crippen LogP contribution in [0.5, 0.6) is 0 Å². The van der Waals surface area contributed by atoms with E-state index in [2.05, 4.69) is 176 Å². The van der Waals surface area contributed by atoms with Gasteiger partial charge in [0.1, 0.15) is 0 Å². The molecule has 0 saturated carbocycles. The van der Waals surface area contributed by atoms with Gasteiger partial charge in [-0.15, -0.1) is 0 Å². The molecule has 1 aliphatic carbocycles.